The first kappa shape index (κ1) is 11.5. The number of hydrogen-bond donors (Lipinski definition) is 0. The fraction of sp³-hybridized carbons (Fsp3) is 0.375. The van der Waals surface area contributed by atoms with Crippen LogP contribution in [-0.2, 0) is 0 Å². The van der Waals surface area contributed by atoms with Crippen LogP contribution in [-0.4, -0.2) is 57.5 Å². The van der Waals surface area contributed by atoms with Crippen molar-refractivity contribution in [3.8, 4) is 0 Å². The van der Waals surface area contributed by atoms with Gasteiger partial charge in [0.1, 0.15) is 0 Å². The second-order valence-corrected chi connectivity index (χ2v) is 4.60. The Balaban J connectivity index is 2.37. The molecular formula is C8H7B7N2. The molecule has 0 aliphatic heterocycles. The van der Waals surface area contributed by atoms with Crippen molar-refractivity contribution in [3.63, 3.8) is 0 Å². The third kappa shape index (κ3) is 2.09. The van der Waals surface area contributed by atoms with E-state index < -0.39 is 0 Å². The van der Waals surface area contributed by atoms with E-state index in [9.17, 15) is 0 Å². The average Bonchev–Trinajstić information content (AvgIpc) is 2.38. The van der Waals surface area contributed by atoms with Gasteiger partial charge >= 0.3 is 104 Å². The molecule has 0 saturated heterocycles. The van der Waals surface area contributed by atoms with E-state index in [1.165, 1.54) is 10.5 Å². The molecule has 9 heteroatoms. The van der Waals surface area contributed by atoms with E-state index in [4.69, 9.17) is 0 Å². The molecule has 3 aromatic rings. The van der Waals surface area contributed by atoms with Crippen molar-refractivity contribution in [3.05, 3.63) is 5.82 Å². The molecule has 0 N–H and O–H groups in total. The molecule has 0 radical (unpaired) electrons. The summed E-state index contributed by atoms with van der Waals surface area (Å²) in [5.41, 5.74) is 1.03. The average molecular weight is 207 g/mol. The first-order chi connectivity index (χ1) is 8.25. The molecule has 3 heterocycles. The van der Waals surface area contributed by atoms with Crippen molar-refractivity contribution in [2.45, 2.75) is 19.8 Å². The maximum atomic E-state index is 4.61. The summed E-state index contributed by atoms with van der Waals surface area (Å²) < 4.78 is 0. The minimum atomic E-state index is 0.367. The second kappa shape index (κ2) is 4.58. The number of fused-ring (bicyclic) bond motifs is 3. The van der Waals surface area contributed by atoms with Gasteiger partial charge < -0.3 is 0 Å². The van der Waals surface area contributed by atoms with Crippen LogP contribution >= 0.6 is 0 Å². The minimum absolute atomic E-state index is 0.367. The van der Waals surface area contributed by atoms with Gasteiger partial charge in [0, 0.05) is 0 Å². The molecule has 17 heavy (non-hydrogen) atoms. The quantitative estimate of drug-likeness (QED) is 0.491. The van der Waals surface area contributed by atoms with Gasteiger partial charge in [-0.25, -0.2) is 0 Å². The van der Waals surface area contributed by atoms with E-state index >= 15 is 0 Å². The summed E-state index contributed by atoms with van der Waals surface area (Å²) in [6.45, 7) is 16.8. The van der Waals surface area contributed by atoms with Crippen LogP contribution in [0.4, 0.5) is 0 Å². The van der Waals surface area contributed by atoms with Gasteiger partial charge in [0.2, 0.25) is 0 Å². The van der Waals surface area contributed by atoms with Crippen molar-refractivity contribution in [2.75, 3.05) is 0 Å². The Morgan fingerprint density at radius 3 is 2.59 bits per heavy atom. The van der Waals surface area contributed by atoms with E-state index in [1.807, 2.05) is 7.05 Å². The summed E-state index contributed by atoms with van der Waals surface area (Å²) in [4.78, 5) is 9.06. The van der Waals surface area contributed by atoms with Crippen molar-refractivity contribution in [1.29, 1.82) is 0 Å². The maximum absolute atomic E-state index is 4.61. The molecule has 2 nitrogen and oxygen atoms in total. The van der Waals surface area contributed by atoms with E-state index in [-0.39, 0.29) is 0 Å². The van der Waals surface area contributed by atoms with Gasteiger partial charge in [-0.2, -0.15) is 0 Å². The van der Waals surface area contributed by atoms with Crippen LogP contribution in [0, 0.1) is 0 Å². The standard InChI is InChI=1S/C8H7B7N2/c1-3(2)8-16-7-5(13-17-8)4-6(10-12-7)11-15-14-9-4/h3H,1-2H3. The third-order valence-electron chi connectivity index (χ3n) is 3.02. The predicted octanol–water partition coefficient (Wildman–Crippen LogP) is -0.727. The number of nitrogens with zero attached hydrogens (tertiary/aromatic N) is 2. The molecule has 0 fully saturated rings. The van der Waals surface area contributed by atoms with Crippen LogP contribution in [0.2, 0.25) is 0 Å². The summed E-state index contributed by atoms with van der Waals surface area (Å²) in [6, 6.07) is 0. The molecule has 0 spiro atoms. The molecule has 0 saturated carbocycles. The Kier molecular flexibility index (Phi) is 3.10. The van der Waals surface area contributed by atoms with Gasteiger partial charge in [0.15, 0.2) is 0 Å². The van der Waals surface area contributed by atoms with Gasteiger partial charge in [0.05, 0.1) is 0 Å². The van der Waals surface area contributed by atoms with Crippen molar-refractivity contribution in [1.82, 2.24) is 9.88 Å². The van der Waals surface area contributed by atoms with Crippen molar-refractivity contribution < 1.29 is 0 Å². The zero-order valence-electron chi connectivity index (χ0n) is 10.0. The third-order valence-corrected chi connectivity index (χ3v) is 3.02. The SMILES string of the molecule is CC(C)c1nbc2c(bbc3bbbbc32)n1. The van der Waals surface area contributed by atoms with E-state index in [1.54, 1.807) is 0 Å². The second-order valence-electron chi connectivity index (χ2n) is 4.60. The Morgan fingerprint density at radius 2 is 1.76 bits per heavy atom. The topological polar surface area (TPSA) is 25.8 Å². The van der Waals surface area contributed by atoms with Gasteiger partial charge in [-0.1, -0.05) is 0 Å². The van der Waals surface area contributed by atoms with Gasteiger partial charge in [-0.3, -0.25) is 0 Å². The van der Waals surface area contributed by atoms with Gasteiger partial charge in [0.25, 0.3) is 0 Å². The molecule has 3 aromatic heterocycles. The molecule has 0 aromatic carbocycles. The van der Waals surface area contributed by atoms with Crippen molar-refractivity contribution >= 4 is 68.8 Å². The van der Waals surface area contributed by atoms with E-state index in [0.29, 0.717) is 5.92 Å². The summed E-state index contributed by atoms with van der Waals surface area (Å²) in [5, 5.41) is 3.59. The molecule has 3 rings (SSSR count). The molecular weight excluding hydrogens is 200 g/mol. The Labute approximate surface area is 104 Å². The van der Waals surface area contributed by atoms with Crippen LogP contribution in [0.25, 0.3) is 21.2 Å². The summed E-state index contributed by atoms with van der Waals surface area (Å²) in [7, 11) is 1.94. The molecule has 0 amide bonds. The number of rotatable bonds is 1. The monoisotopic (exact) mass is 208 g/mol. The Bertz CT molecular complexity index is 702. The summed E-state index contributed by atoms with van der Waals surface area (Å²) in [6.07, 6.45) is 0. The van der Waals surface area contributed by atoms with Gasteiger partial charge in [-0.15, -0.1) is 0 Å². The summed E-state index contributed by atoms with van der Waals surface area (Å²) in [5.74, 6) is 1.28. The number of hydrogen-bond acceptors (Lipinski definition) is 2. The van der Waals surface area contributed by atoms with Crippen LogP contribution in [0.1, 0.15) is 25.6 Å². The van der Waals surface area contributed by atoms with Gasteiger partial charge in [-0.05, 0) is 0 Å². The zero-order chi connectivity index (χ0) is 11.8. The Hall–Kier alpha value is -0.595. The fourth-order valence-electron chi connectivity index (χ4n) is 2.08. The molecule has 0 bridgehead atoms. The number of aromatic nitrogens is 2. The van der Waals surface area contributed by atoms with E-state index in [0.717, 1.165) is 16.5 Å². The first-order valence-electron chi connectivity index (χ1n) is 5.90. The predicted molar refractivity (Wildman–Crippen MR) is 80.6 cm³/mol. The van der Waals surface area contributed by atoms with Crippen LogP contribution in [0.15, 0.2) is 0 Å². The molecule has 0 atom stereocenters. The van der Waals surface area contributed by atoms with Crippen LogP contribution in [0.3, 0.4) is 0 Å². The van der Waals surface area contributed by atoms with Crippen molar-refractivity contribution in [2.24, 2.45) is 0 Å². The van der Waals surface area contributed by atoms with Crippen LogP contribution in [0.5, 0.6) is 0 Å². The molecule has 0 aliphatic rings. The Morgan fingerprint density at radius 1 is 0.941 bits per heavy atom. The summed E-state index contributed by atoms with van der Waals surface area (Å²) >= 11 is 0. The van der Waals surface area contributed by atoms with Crippen LogP contribution < -0.4 is 0 Å². The first-order valence-corrected chi connectivity index (χ1v) is 5.90. The zero-order valence-corrected chi connectivity index (χ0v) is 10.0. The molecule has 0 aliphatic carbocycles. The normalized spacial score (nSPS) is 9.82. The molecule has 70 valence electrons. The van der Waals surface area contributed by atoms with E-state index in [2.05, 4.69) is 64.3 Å². The fourth-order valence-corrected chi connectivity index (χ4v) is 2.08. The molecule has 0 unspecified atom stereocenters.